The maximum Gasteiger partial charge on any atom is 0.248 e. The van der Waals surface area contributed by atoms with Gasteiger partial charge in [0, 0.05) is 19.2 Å². The molecule has 1 amide bonds. The summed E-state index contributed by atoms with van der Waals surface area (Å²) >= 11 is 0. The number of carbonyl (C=O) groups is 1. The van der Waals surface area contributed by atoms with E-state index in [4.69, 9.17) is 9.05 Å². The summed E-state index contributed by atoms with van der Waals surface area (Å²) in [6.45, 7) is 7.70. The summed E-state index contributed by atoms with van der Waals surface area (Å²) in [5, 5.41) is 10.4. The Bertz CT molecular complexity index is 1340. The summed E-state index contributed by atoms with van der Waals surface area (Å²) in [5.74, 6) is 0.270. The Hall–Kier alpha value is -3.24. The molecule has 34 heavy (non-hydrogen) atoms. The van der Waals surface area contributed by atoms with E-state index in [1.807, 2.05) is 38.1 Å². The minimum absolute atomic E-state index is 0.0299. The number of nitrogens with zero attached hydrogens (tertiary/aromatic N) is 3. The number of sulfonamides is 1. The number of carbonyl (C=O) groups excluding carboxylic acids is 1. The molecule has 0 aliphatic carbocycles. The molecule has 0 saturated carbocycles. The van der Waals surface area contributed by atoms with E-state index in [9.17, 15) is 13.2 Å². The molecule has 1 atom stereocenters. The molecule has 3 heterocycles. The van der Waals surface area contributed by atoms with Crippen LogP contribution in [-0.2, 0) is 14.8 Å². The monoisotopic (exact) mass is 484 g/mol. The molecule has 3 aromatic rings. The molecule has 0 radical (unpaired) electrons. The van der Waals surface area contributed by atoms with Crippen LogP contribution in [0.2, 0.25) is 0 Å². The summed E-state index contributed by atoms with van der Waals surface area (Å²) in [6, 6.07) is 7.67. The lowest BCUT2D eigenvalue weighted by Gasteiger charge is -2.30. The van der Waals surface area contributed by atoms with Gasteiger partial charge in [-0.25, -0.2) is 8.42 Å². The van der Waals surface area contributed by atoms with Gasteiger partial charge in [0.2, 0.25) is 15.9 Å². The zero-order valence-electron chi connectivity index (χ0n) is 19.7. The highest BCUT2D eigenvalue weighted by Crippen LogP contribution is 2.30. The van der Waals surface area contributed by atoms with E-state index >= 15 is 0 Å². The van der Waals surface area contributed by atoms with Crippen LogP contribution in [0.5, 0.6) is 0 Å². The number of hydrogen-bond acceptors (Lipinski definition) is 7. The molecule has 1 N–H and O–H groups in total. The van der Waals surface area contributed by atoms with Crippen LogP contribution in [0.15, 0.2) is 38.2 Å². The third-order valence-electron chi connectivity index (χ3n) is 5.91. The third kappa shape index (κ3) is 4.97. The van der Waals surface area contributed by atoms with Crippen LogP contribution < -0.4 is 5.32 Å². The van der Waals surface area contributed by atoms with Crippen molar-refractivity contribution in [2.45, 2.75) is 45.4 Å². The molecule has 1 fully saturated rings. The van der Waals surface area contributed by atoms with Crippen molar-refractivity contribution in [2.75, 3.05) is 18.4 Å². The van der Waals surface area contributed by atoms with Crippen LogP contribution in [0.3, 0.4) is 0 Å². The molecule has 0 spiro atoms. The maximum atomic E-state index is 13.6. The van der Waals surface area contributed by atoms with Gasteiger partial charge in [-0.3, -0.25) is 4.79 Å². The molecular formula is C24H28N4O5S. The molecule has 10 heteroatoms. The van der Waals surface area contributed by atoms with E-state index in [2.05, 4.69) is 15.6 Å². The number of anilines is 1. The molecular weight excluding hydrogens is 456 g/mol. The van der Waals surface area contributed by atoms with Crippen molar-refractivity contribution in [2.24, 2.45) is 5.92 Å². The van der Waals surface area contributed by atoms with Gasteiger partial charge >= 0.3 is 0 Å². The zero-order chi connectivity index (χ0) is 24.5. The SMILES string of the molecule is Cc1ccc(C)c(C=Cc2onc(C)c2S(=O)(=O)N2CCCC(C(=O)Nc3cc(C)on3)C2)c1. The second kappa shape index (κ2) is 9.55. The van der Waals surface area contributed by atoms with Crippen LogP contribution in [0.4, 0.5) is 5.82 Å². The van der Waals surface area contributed by atoms with Crippen molar-refractivity contribution in [1.82, 2.24) is 14.6 Å². The van der Waals surface area contributed by atoms with Crippen LogP contribution in [0, 0.1) is 33.6 Å². The summed E-state index contributed by atoms with van der Waals surface area (Å²) in [6.07, 6.45) is 4.60. The second-order valence-electron chi connectivity index (χ2n) is 8.67. The van der Waals surface area contributed by atoms with Crippen molar-refractivity contribution in [1.29, 1.82) is 0 Å². The van der Waals surface area contributed by atoms with Crippen molar-refractivity contribution >= 4 is 33.9 Å². The number of piperidine rings is 1. The van der Waals surface area contributed by atoms with Crippen molar-refractivity contribution in [3.8, 4) is 0 Å². The van der Waals surface area contributed by atoms with Crippen LogP contribution in [0.25, 0.3) is 12.2 Å². The number of aryl methyl sites for hydroxylation is 4. The normalized spacial score (nSPS) is 17.4. The lowest BCUT2D eigenvalue weighted by atomic mass is 9.99. The highest BCUT2D eigenvalue weighted by Gasteiger charge is 2.37. The highest BCUT2D eigenvalue weighted by atomic mass is 32.2. The van der Waals surface area contributed by atoms with Gasteiger partial charge in [0.15, 0.2) is 16.5 Å². The van der Waals surface area contributed by atoms with E-state index < -0.39 is 15.9 Å². The van der Waals surface area contributed by atoms with Gasteiger partial charge < -0.3 is 14.4 Å². The van der Waals surface area contributed by atoms with Crippen molar-refractivity contribution in [3.63, 3.8) is 0 Å². The topological polar surface area (TPSA) is 119 Å². The lowest BCUT2D eigenvalue weighted by molar-refractivity contribution is -0.120. The van der Waals surface area contributed by atoms with Crippen LogP contribution >= 0.6 is 0 Å². The van der Waals surface area contributed by atoms with E-state index in [0.717, 1.165) is 16.7 Å². The number of benzene rings is 1. The first-order valence-corrected chi connectivity index (χ1v) is 12.5. The van der Waals surface area contributed by atoms with Gasteiger partial charge in [0.05, 0.1) is 5.92 Å². The number of rotatable bonds is 6. The number of nitrogens with one attached hydrogen (secondary N) is 1. The van der Waals surface area contributed by atoms with E-state index in [1.165, 1.54) is 4.31 Å². The molecule has 2 aromatic heterocycles. The molecule has 0 bridgehead atoms. The Morgan fingerprint density at radius 1 is 1.12 bits per heavy atom. The van der Waals surface area contributed by atoms with E-state index in [1.54, 1.807) is 26.0 Å². The minimum atomic E-state index is -3.93. The fourth-order valence-electron chi connectivity index (χ4n) is 4.06. The molecule has 1 saturated heterocycles. The summed E-state index contributed by atoms with van der Waals surface area (Å²) in [5.41, 5.74) is 3.42. The molecule has 1 aromatic carbocycles. The average molecular weight is 485 g/mol. The zero-order valence-corrected chi connectivity index (χ0v) is 20.5. The lowest BCUT2D eigenvalue weighted by Crippen LogP contribution is -2.43. The summed E-state index contributed by atoms with van der Waals surface area (Å²) < 4.78 is 38.9. The van der Waals surface area contributed by atoms with Crippen LogP contribution in [0.1, 0.15) is 46.7 Å². The smallest absolute Gasteiger partial charge is 0.248 e. The Labute approximate surface area is 198 Å². The molecule has 180 valence electrons. The maximum absolute atomic E-state index is 13.6. The molecule has 1 unspecified atom stereocenters. The second-order valence-corrected chi connectivity index (χ2v) is 10.5. The minimum Gasteiger partial charge on any atom is -0.360 e. The Morgan fingerprint density at radius 3 is 2.65 bits per heavy atom. The molecule has 4 rings (SSSR count). The van der Waals surface area contributed by atoms with E-state index in [-0.39, 0.29) is 28.8 Å². The van der Waals surface area contributed by atoms with Gasteiger partial charge in [0.1, 0.15) is 11.5 Å². The fraction of sp³-hybridized carbons (Fsp3) is 0.375. The van der Waals surface area contributed by atoms with Gasteiger partial charge in [-0.05, 0) is 57.7 Å². The average Bonchev–Trinajstić information content (AvgIpc) is 3.39. The van der Waals surface area contributed by atoms with E-state index in [0.29, 0.717) is 31.0 Å². The molecule has 1 aliphatic heterocycles. The largest absolute Gasteiger partial charge is 0.360 e. The Balaban J connectivity index is 1.56. The molecule has 1 aliphatic rings. The standard InChI is InChI=1S/C24H28N4O5S/c1-15-7-8-16(2)19(12-15)9-10-21-23(18(4)26-33-21)34(30,31)28-11-5-6-20(14-28)24(29)25-22-13-17(3)32-27-22/h7-10,12-13,20H,5-6,11,14H2,1-4H3,(H,25,27,29). The van der Waals surface area contributed by atoms with Gasteiger partial charge in [-0.2, -0.15) is 4.31 Å². The first kappa shape index (κ1) is 23.9. The van der Waals surface area contributed by atoms with Gasteiger partial charge in [0.25, 0.3) is 0 Å². The first-order chi connectivity index (χ1) is 16.1. The number of aromatic nitrogens is 2. The predicted octanol–water partition coefficient (Wildman–Crippen LogP) is 4.11. The number of hydrogen-bond donors (Lipinski definition) is 1. The molecule has 9 nitrogen and oxygen atoms in total. The van der Waals surface area contributed by atoms with Crippen LogP contribution in [-0.4, -0.2) is 42.0 Å². The first-order valence-electron chi connectivity index (χ1n) is 11.1. The summed E-state index contributed by atoms with van der Waals surface area (Å²) in [4.78, 5) is 12.8. The van der Waals surface area contributed by atoms with Gasteiger partial charge in [-0.1, -0.05) is 40.2 Å². The quantitative estimate of drug-likeness (QED) is 0.559. The van der Waals surface area contributed by atoms with Crippen molar-refractivity contribution < 1.29 is 22.3 Å². The van der Waals surface area contributed by atoms with Crippen molar-refractivity contribution in [3.05, 3.63) is 58.2 Å². The predicted molar refractivity (Wildman–Crippen MR) is 127 cm³/mol. The Morgan fingerprint density at radius 2 is 1.91 bits per heavy atom. The number of amides is 1. The fourth-order valence-corrected chi connectivity index (χ4v) is 5.84. The van der Waals surface area contributed by atoms with Gasteiger partial charge in [-0.15, -0.1) is 0 Å². The summed E-state index contributed by atoms with van der Waals surface area (Å²) in [7, 11) is -3.93. The third-order valence-corrected chi connectivity index (χ3v) is 7.94. The highest BCUT2D eigenvalue weighted by molar-refractivity contribution is 7.89. The Kier molecular flexibility index (Phi) is 6.72.